The van der Waals surface area contributed by atoms with Crippen molar-refractivity contribution in [3.8, 4) is 28.2 Å². The number of hydrogen-bond acceptors (Lipinski definition) is 2. The number of nitrogens with zero attached hydrogens (tertiary/aromatic N) is 3. The van der Waals surface area contributed by atoms with E-state index in [0.717, 1.165) is 39.4 Å². The number of benzene rings is 4. The molecule has 9 rings (SSSR count). The van der Waals surface area contributed by atoms with Crippen LogP contribution in [0.4, 0.5) is 0 Å². The fourth-order valence-corrected chi connectivity index (χ4v) is 6.81. The SMILES string of the molecule is C1=CC2=CC=C3c4ccc(-c5cccc(-c6ccc7ccccc7c6)n5)cc4-n4c(nc5ccccc54)C3C2C=C1. The van der Waals surface area contributed by atoms with Gasteiger partial charge in [0.25, 0.3) is 0 Å². The molecule has 0 fully saturated rings. The van der Waals surface area contributed by atoms with Gasteiger partial charge in [-0.1, -0.05) is 103 Å². The highest BCUT2D eigenvalue weighted by Gasteiger charge is 2.39. The van der Waals surface area contributed by atoms with Crippen LogP contribution < -0.4 is 0 Å². The summed E-state index contributed by atoms with van der Waals surface area (Å²) >= 11 is 0. The summed E-state index contributed by atoms with van der Waals surface area (Å²) in [6.07, 6.45) is 13.4. The molecular formula is C38H25N3. The van der Waals surface area contributed by atoms with E-state index in [1.54, 1.807) is 0 Å². The summed E-state index contributed by atoms with van der Waals surface area (Å²) in [7, 11) is 0. The van der Waals surface area contributed by atoms with E-state index < -0.39 is 0 Å². The Morgan fingerprint density at radius 1 is 0.634 bits per heavy atom. The molecule has 2 aliphatic carbocycles. The molecule has 3 aliphatic rings. The zero-order valence-electron chi connectivity index (χ0n) is 22.3. The first-order chi connectivity index (χ1) is 20.3. The molecule has 3 nitrogen and oxygen atoms in total. The van der Waals surface area contributed by atoms with Gasteiger partial charge in [0.1, 0.15) is 5.82 Å². The maximum atomic E-state index is 5.23. The van der Waals surface area contributed by atoms with Crippen molar-refractivity contribution in [2.24, 2.45) is 5.92 Å². The summed E-state index contributed by atoms with van der Waals surface area (Å²) in [6.45, 7) is 0. The molecule has 0 saturated heterocycles. The smallest absolute Gasteiger partial charge is 0.123 e. The molecule has 0 radical (unpaired) electrons. The minimum absolute atomic E-state index is 0.177. The molecule has 0 spiro atoms. The van der Waals surface area contributed by atoms with Crippen LogP contribution in [-0.4, -0.2) is 14.5 Å². The summed E-state index contributed by atoms with van der Waals surface area (Å²) in [5.41, 5.74) is 11.4. The molecule has 0 amide bonds. The van der Waals surface area contributed by atoms with Crippen molar-refractivity contribution in [1.29, 1.82) is 0 Å². The number of hydrogen-bond donors (Lipinski definition) is 0. The molecule has 3 heteroatoms. The standard InChI is InChI=1S/C38H25N3/c1-2-10-26-22-27(17-16-24(26)8-1)32-13-7-14-33(39-32)28-19-20-30-31-21-18-25-9-3-4-11-29(25)37(31)38-40-34-12-5-6-15-35(34)41(38)36(30)23-28/h1-23,29,37H. The summed E-state index contributed by atoms with van der Waals surface area (Å²) < 4.78 is 2.39. The fraction of sp³-hybridized carbons (Fsp3) is 0.0526. The quantitative estimate of drug-likeness (QED) is 0.227. The minimum atomic E-state index is 0.177. The Kier molecular flexibility index (Phi) is 4.73. The third-order valence-electron chi connectivity index (χ3n) is 8.76. The van der Waals surface area contributed by atoms with E-state index in [1.807, 2.05) is 0 Å². The van der Waals surface area contributed by atoms with Gasteiger partial charge < -0.3 is 0 Å². The Labute approximate surface area is 238 Å². The van der Waals surface area contributed by atoms with Crippen molar-refractivity contribution in [1.82, 2.24) is 14.5 Å². The Hall–Kier alpha value is -5.28. The molecule has 0 saturated carbocycles. The van der Waals surface area contributed by atoms with Crippen molar-refractivity contribution in [3.05, 3.63) is 157 Å². The highest BCUT2D eigenvalue weighted by Crippen LogP contribution is 2.51. The topological polar surface area (TPSA) is 30.7 Å². The summed E-state index contributed by atoms with van der Waals surface area (Å²) in [6, 6.07) is 36.7. The number of pyridine rings is 1. The monoisotopic (exact) mass is 523 g/mol. The first-order valence-electron chi connectivity index (χ1n) is 14.2. The van der Waals surface area contributed by atoms with Gasteiger partial charge >= 0.3 is 0 Å². The van der Waals surface area contributed by atoms with Crippen LogP contribution in [0.1, 0.15) is 17.3 Å². The molecule has 6 aromatic rings. The molecule has 3 heterocycles. The highest BCUT2D eigenvalue weighted by atomic mass is 15.1. The number of aromatic nitrogens is 3. The zero-order chi connectivity index (χ0) is 26.9. The summed E-state index contributed by atoms with van der Waals surface area (Å²) in [5.74, 6) is 1.57. The first kappa shape index (κ1) is 22.5. The molecule has 4 aromatic carbocycles. The molecule has 0 bridgehead atoms. The van der Waals surface area contributed by atoms with Crippen LogP contribution >= 0.6 is 0 Å². The second kappa shape index (κ2) is 8.61. The molecule has 0 N–H and O–H groups in total. The van der Waals surface area contributed by atoms with Gasteiger partial charge in [-0.05, 0) is 58.3 Å². The third kappa shape index (κ3) is 3.39. The number of imidazole rings is 1. The van der Waals surface area contributed by atoms with Crippen molar-refractivity contribution >= 4 is 27.4 Å². The molecule has 1 aliphatic heterocycles. The van der Waals surface area contributed by atoms with E-state index in [4.69, 9.17) is 9.97 Å². The molecule has 2 atom stereocenters. The number of para-hydroxylation sites is 2. The van der Waals surface area contributed by atoms with Gasteiger partial charge in [-0.2, -0.15) is 0 Å². The Morgan fingerprint density at radius 3 is 2.37 bits per heavy atom. The third-order valence-corrected chi connectivity index (χ3v) is 8.76. The van der Waals surface area contributed by atoms with Crippen LogP contribution in [-0.2, 0) is 0 Å². The van der Waals surface area contributed by atoms with Crippen molar-refractivity contribution in [2.45, 2.75) is 5.92 Å². The van der Waals surface area contributed by atoms with Crippen LogP contribution in [0, 0.1) is 5.92 Å². The lowest BCUT2D eigenvalue weighted by molar-refractivity contribution is 0.629. The predicted octanol–water partition coefficient (Wildman–Crippen LogP) is 9.07. The van der Waals surface area contributed by atoms with Crippen molar-refractivity contribution in [2.75, 3.05) is 0 Å². The maximum Gasteiger partial charge on any atom is 0.123 e. The average molecular weight is 524 g/mol. The maximum absolute atomic E-state index is 5.23. The lowest BCUT2D eigenvalue weighted by atomic mass is 9.71. The Morgan fingerprint density at radius 2 is 1.44 bits per heavy atom. The van der Waals surface area contributed by atoms with Crippen LogP contribution in [0.2, 0.25) is 0 Å². The Bertz CT molecular complexity index is 2170. The van der Waals surface area contributed by atoms with Gasteiger partial charge in [0.15, 0.2) is 0 Å². The lowest BCUT2D eigenvalue weighted by Crippen LogP contribution is -2.26. The first-order valence-corrected chi connectivity index (χ1v) is 14.2. The van der Waals surface area contributed by atoms with E-state index in [-0.39, 0.29) is 11.8 Å². The van der Waals surface area contributed by atoms with E-state index in [9.17, 15) is 0 Å². The van der Waals surface area contributed by atoms with Gasteiger partial charge in [-0.15, -0.1) is 0 Å². The summed E-state index contributed by atoms with van der Waals surface area (Å²) in [4.78, 5) is 10.4. The normalized spacial score (nSPS) is 18.3. The molecule has 2 unspecified atom stereocenters. The van der Waals surface area contributed by atoms with E-state index in [0.29, 0.717) is 0 Å². The zero-order valence-corrected chi connectivity index (χ0v) is 22.3. The van der Waals surface area contributed by atoms with E-state index in [2.05, 4.69) is 144 Å². The second-order valence-corrected chi connectivity index (χ2v) is 11.0. The van der Waals surface area contributed by atoms with E-state index in [1.165, 1.54) is 33.2 Å². The van der Waals surface area contributed by atoms with Gasteiger partial charge in [-0.25, -0.2) is 9.97 Å². The average Bonchev–Trinajstić information content (AvgIpc) is 3.44. The van der Waals surface area contributed by atoms with Gasteiger partial charge in [0, 0.05) is 22.6 Å². The lowest BCUT2D eigenvalue weighted by Gasteiger charge is -2.37. The molecule has 192 valence electrons. The van der Waals surface area contributed by atoms with Crippen LogP contribution in [0.5, 0.6) is 0 Å². The van der Waals surface area contributed by atoms with Gasteiger partial charge in [0.2, 0.25) is 0 Å². The van der Waals surface area contributed by atoms with Crippen molar-refractivity contribution in [3.63, 3.8) is 0 Å². The Balaban J connectivity index is 1.22. The second-order valence-electron chi connectivity index (χ2n) is 11.0. The van der Waals surface area contributed by atoms with Gasteiger partial charge in [-0.3, -0.25) is 4.57 Å². The van der Waals surface area contributed by atoms with Crippen LogP contribution in [0.3, 0.4) is 0 Å². The fourth-order valence-electron chi connectivity index (χ4n) is 6.81. The van der Waals surface area contributed by atoms with Crippen LogP contribution in [0.25, 0.3) is 55.6 Å². The predicted molar refractivity (Wildman–Crippen MR) is 168 cm³/mol. The summed E-state index contributed by atoms with van der Waals surface area (Å²) in [5, 5.41) is 2.46. The van der Waals surface area contributed by atoms with Crippen LogP contribution in [0.15, 0.2) is 145 Å². The highest BCUT2D eigenvalue weighted by molar-refractivity contribution is 5.90. The minimum Gasteiger partial charge on any atom is -0.295 e. The number of allylic oxidation sites excluding steroid dienone is 8. The molecule has 2 aromatic heterocycles. The molecule has 41 heavy (non-hydrogen) atoms. The molecular weight excluding hydrogens is 498 g/mol. The van der Waals surface area contributed by atoms with E-state index >= 15 is 0 Å². The number of rotatable bonds is 2. The largest absolute Gasteiger partial charge is 0.295 e. The number of fused-ring (bicyclic) bond motifs is 11. The van der Waals surface area contributed by atoms with Gasteiger partial charge in [0.05, 0.1) is 34.0 Å². The van der Waals surface area contributed by atoms with Crippen molar-refractivity contribution < 1.29 is 0 Å².